The summed E-state index contributed by atoms with van der Waals surface area (Å²) in [7, 11) is 1.94. The second-order valence-electron chi connectivity index (χ2n) is 8.61. The molecule has 1 aromatic carbocycles. The molecule has 1 fully saturated rings. The number of aryl methyl sites for hydroxylation is 2. The van der Waals surface area contributed by atoms with Crippen molar-refractivity contribution in [2.75, 3.05) is 19.7 Å². The molecule has 3 aromatic rings. The molecule has 1 saturated heterocycles. The van der Waals surface area contributed by atoms with Gasteiger partial charge < -0.3 is 14.2 Å². The second-order valence-corrected chi connectivity index (χ2v) is 8.61. The molecule has 1 atom stereocenters. The molecule has 168 valence electrons. The van der Waals surface area contributed by atoms with Gasteiger partial charge >= 0.3 is 5.97 Å². The molecule has 1 amide bonds. The highest BCUT2D eigenvalue weighted by atomic mass is 16.5. The summed E-state index contributed by atoms with van der Waals surface area (Å²) >= 11 is 0. The summed E-state index contributed by atoms with van der Waals surface area (Å²) in [5.74, 6) is -0.369. The fraction of sp³-hybridized carbons (Fsp3) is 0.400. The normalized spacial score (nSPS) is 18.5. The number of benzene rings is 1. The lowest BCUT2D eigenvalue weighted by molar-refractivity contribution is -0.158. The van der Waals surface area contributed by atoms with Crippen LogP contribution in [-0.4, -0.2) is 51.2 Å². The minimum absolute atomic E-state index is 0.142. The van der Waals surface area contributed by atoms with Crippen molar-refractivity contribution in [1.29, 1.82) is 0 Å². The van der Waals surface area contributed by atoms with E-state index in [2.05, 4.69) is 29.3 Å². The average molecular weight is 435 g/mol. The monoisotopic (exact) mass is 434 g/mol. The number of hydrogen-bond acceptors (Lipinski definition) is 4. The number of carbonyl (C=O) groups excluding carboxylic acids is 2. The number of hydrogen-bond donors (Lipinski definition) is 1. The molecule has 0 aliphatic carbocycles. The fourth-order valence-electron chi connectivity index (χ4n) is 4.61. The molecule has 1 aliphatic rings. The van der Waals surface area contributed by atoms with Gasteiger partial charge in [0.25, 0.3) is 5.91 Å². The van der Waals surface area contributed by atoms with E-state index in [4.69, 9.17) is 4.74 Å². The van der Waals surface area contributed by atoms with E-state index in [0.717, 1.165) is 28.9 Å². The van der Waals surface area contributed by atoms with Gasteiger partial charge in [0.05, 0.1) is 17.7 Å². The second kappa shape index (κ2) is 9.02. The van der Waals surface area contributed by atoms with E-state index in [0.29, 0.717) is 38.2 Å². The van der Waals surface area contributed by atoms with Crippen LogP contribution in [0.25, 0.3) is 11.4 Å². The first-order valence-corrected chi connectivity index (χ1v) is 11.1. The number of nitrogens with zero attached hydrogens (tertiary/aromatic N) is 3. The van der Waals surface area contributed by atoms with Crippen molar-refractivity contribution in [2.45, 2.75) is 33.1 Å². The average Bonchev–Trinajstić information content (AvgIpc) is 3.44. The molecule has 7 nitrogen and oxygen atoms in total. The number of likely N-dealkylation sites (tertiary alicyclic amines) is 1. The number of carbonyl (C=O) groups is 2. The lowest BCUT2D eigenvalue weighted by Crippen LogP contribution is -2.51. The minimum Gasteiger partial charge on any atom is -0.466 e. The van der Waals surface area contributed by atoms with Crippen LogP contribution in [-0.2, 0) is 23.0 Å². The van der Waals surface area contributed by atoms with Crippen molar-refractivity contribution in [1.82, 2.24) is 19.7 Å². The number of rotatable bonds is 6. The number of esters is 1. The fourth-order valence-corrected chi connectivity index (χ4v) is 4.61. The Kier molecular flexibility index (Phi) is 6.17. The number of aromatic nitrogens is 3. The van der Waals surface area contributed by atoms with E-state index in [1.807, 2.05) is 49.0 Å². The summed E-state index contributed by atoms with van der Waals surface area (Å²) < 4.78 is 7.45. The summed E-state index contributed by atoms with van der Waals surface area (Å²) in [5.41, 5.74) is 3.57. The van der Waals surface area contributed by atoms with Crippen LogP contribution < -0.4 is 0 Å². The molecule has 4 rings (SSSR count). The first-order valence-electron chi connectivity index (χ1n) is 11.1. The van der Waals surface area contributed by atoms with Crippen molar-refractivity contribution in [2.24, 2.45) is 12.5 Å². The van der Waals surface area contributed by atoms with Gasteiger partial charge in [-0.25, -0.2) is 0 Å². The third kappa shape index (κ3) is 4.20. The number of ether oxygens (including phenoxy) is 1. The van der Waals surface area contributed by atoms with E-state index in [1.54, 1.807) is 11.0 Å². The Morgan fingerprint density at radius 3 is 2.75 bits per heavy atom. The summed E-state index contributed by atoms with van der Waals surface area (Å²) in [5, 5.41) is 7.22. The van der Waals surface area contributed by atoms with Gasteiger partial charge in [0.1, 0.15) is 11.4 Å². The molecule has 1 aliphatic heterocycles. The Balaban J connectivity index is 1.59. The molecule has 0 bridgehead atoms. The van der Waals surface area contributed by atoms with E-state index in [1.165, 1.54) is 0 Å². The highest BCUT2D eigenvalue weighted by Crippen LogP contribution is 2.36. The number of H-pyrrole nitrogens is 1. The molecule has 1 N–H and O–H groups in total. The molecule has 0 radical (unpaired) electrons. The first-order chi connectivity index (χ1) is 15.4. The van der Waals surface area contributed by atoms with Gasteiger partial charge in [-0.3, -0.25) is 14.7 Å². The topological polar surface area (TPSA) is 80.2 Å². The van der Waals surface area contributed by atoms with Crippen molar-refractivity contribution in [3.8, 4) is 11.4 Å². The zero-order chi connectivity index (χ0) is 22.7. The van der Waals surface area contributed by atoms with Crippen molar-refractivity contribution < 1.29 is 14.3 Å². The number of amides is 1. The van der Waals surface area contributed by atoms with Gasteiger partial charge in [0, 0.05) is 26.3 Å². The minimum atomic E-state index is -0.753. The largest absolute Gasteiger partial charge is 0.466 e. The van der Waals surface area contributed by atoms with Crippen LogP contribution in [0.1, 0.15) is 41.4 Å². The quantitative estimate of drug-likeness (QED) is 0.599. The van der Waals surface area contributed by atoms with Crippen LogP contribution >= 0.6 is 0 Å². The van der Waals surface area contributed by atoms with Gasteiger partial charge in [0.15, 0.2) is 0 Å². The maximum Gasteiger partial charge on any atom is 0.314 e. The number of aromatic amines is 1. The van der Waals surface area contributed by atoms with E-state index < -0.39 is 5.41 Å². The molecule has 0 saturated carbocycles. The predicted octanol–water partition coefficient (Wildman–Crippen LogP) is 3.75. The van der Waals surface area contributed by atoms with Crippen LogP contribution in [0.5, 0.6) is 0 Å². The van der Waals surface area contributed by atoms with Gasteiger partial charge in [-0.05, 0) is 62.4 Å². The van der Waals surface area contributed by atoms with E-state index in [-0.39, 0.29) is 11.9 Å². The van der Waals surface area contributed by atoms with Crippen molar-refractivity contribution in [3.63, 3.8) is 0 Å². The lowest BCUT2D eigenvalue weighted by Gasteiger charge is -2.41. The Bertz CT molecular complexity index is 1120. The Hall–Kier alpha value is -3.35. The zero-order valence-electron chi connectivity index (χ0n) is 18.9. The number of piperidine rings is 1. The van der Waals surface area contributed by atoms with Gasteiger partial charge in [-0.15, -0.1) is 0 Å². The SMILES string of the molecule is CCOC(=O)[C@@]1(Cc2ccccc2C)CCCN(C(=O)c2cc(-c3cccn3C)n[nH]2)C1. The van der Waals surface area contributed by atoms with E-state index in [9.17, 15) is 9.59 Å². The highest BCUT2D eigenvalue weighted by Gasteiger charge is 2.45. The zero-order valence-corrected chi connectivity index (χ0v) is 18.9. The molecular weight excluding hydrogens is 404 g/mol. The smallest absolute Gasteiger partial charge is 0.314 e. The standard InChI is InChI=1S/C25H30N4O3/c1-4-32-24(31)25(16-19-10-6-5-9-18(19)2)12-8-14-29(17-25)23(30)21-15-20(26-27-21)22-11-7-13-28(22)3/h5-7,9-11,13,15H,4,8,12,14,16-17H2,1-3H3,(H,26,27)/t25-/m1/s1. The van der Waals surface area contributed by atoms with Crippen LogP contribution in [0.15, 0.2) is 48.7 Å². The van der Waals surface area contributed by atoms with Crippen LogP contribution in [0.2, 0.25) is 0 Å². The van der Waals surface area contributed by atoms with Crippen LogP contribution in [0.4, 0.5) is 0 Å². The Morgan fingerprint density at radius 2 is 2.03 bits per heavy atom. The number of nitrogens with one attached hydrogen (secondary N) is 1. The summed E-state index contributed by atoms with van der Waals surface area (Å²) in [6.45, 7) is 5.13. The third-order valence-corrected chi connectivity index (χ3v) is 6.38. The van der Waals surface area contributed by atoms with Crippen LogP contribution in [0.3, 0.4) is 0 Å². The van der Waals surface area contributed by atoms with Gasteiger partial charge in [-0.2, -0.15) is 5.10 Å². The maximum absolute atomic E-state index is 13.4. The molecule has 7 heteroatoms. The Morgan fingerprint density at radius 1 is 1.22 bits per heavy atom. The lowest BCUT2D eigenvalue weighted by atomic mass is 9.74. The Labute approximate surface area is 188 Å². The molecule has 0 unspecified atom stereocenters. The summed E-state index contributed by atoms with van der Waals surface area (Å²) in [6, 6.07) is 13.8. The summed E-state index contributed by atoms with van der Waals surface area (Å²) in [4.78, 5) is 28.3. The molecule has 32 heavy (non-hydrogen) atoms. The first kappa shape index (κ1) is 21.9. The molecule has 0 spiro atoms. The van der Waals surface area contributed by atoms with Gasteiger partial charge in [0.2, 0.25) is 0 Å². The van der Waals surface area contributed by atoms with E-state index >= 15 is 0 Å². The summed E-state index contributed by atoms with van der Waals surface area (Å²) in [6.07, 6.45) is 3.94. The van der Waals surface area contributed by atoms with Crippen molar-refractivity contribution >= 4 is 11.9 Å². The van der Waals surface area contributed by atoms with Gasteiger partial charge in [-0.1, -0.05) is 24.3 Å². The molecule has 3 heterocycles. The maximum atomic E-state index is 13.4. The molecular formula is C25H30N4O3. The highest BCUT2D eigenvalue weighted by molar-refractivity contribution is 5.94. The van der Waals surface area contributed by atoms with Crippen molar-refractivity contribution in [3.05, 3.63) is 65.5 Å². The predicted molar refractivity (Wildman–Crippen MR) is 122 cm³/mol. The molecule has 2 aromatic heterocycles. The van der Waals surface area contributed by atoms with Crippen LogP contribution in [0, 0.1) is 12.3 Å². The third-order valence-electron chi connectivity index (χ3n) is 6.38.